The van der Waals surface area contributed by atoms with E-state index in [-0.39, 0.29) is 0 Å². The molecule has 2 aromatic heterocycles. The highest BCUT2D eigenvalue weighted by molar-refractivity contribution is 7.11. The number of fused-ring (bicyclic) bond motifs is 1. The maximum atomic E-state index is 8.98. The van der Waals surface area contributed by atoms with Crippen LogP contribution in [0.3, 0.4) is 0 Å². The molecule has 16 heavy (non-hydrogen) atoms. The van der Waals surface area contributed by atoms with Crippen LogP contribution in [0.15, 0.2) is 35.8 Å². The van der Waals surface area contributed by atoms with Gasteiger partial charge in [-0.15, -0.1) is 11.3 Å². The molecule has 0 fully saturated rings. The molecule has 0 spiro atoms. The van der Waals surface area contributed by atoms with Crippen molar-refractivity contribution in [3.8, 4) is 17.2 Å². The number of nitrogens with zero attached hydrogens (tertiary/aromatic N) is 2. The van der Waals surface area contributed by atoms with Crippen LogP contribution in [0.2, 0.25) is 0 Å². The molecule has 0 aliphatic heterocycles. The van der Waals surface area contributed by atoms with Crippen LogP contribution in [-0.2, 0) is 0 Å². The molecule has 3 rings (SSSR count). The van der Waals surface area contributed by atoms with Crippen molar-refractivity contribution in [2.75, 3.05) is 0 Å². The second-order valence-corrected chi connectivity index (χ2v) is 4.36. The number of thiophene rings is 1. The van der Waals surface area contributed by atoms with Crippen LogP contribution >= 0.6 is 11.3 Å². The lowest BCUT2D eigenvalue weighted by molar-refractivity contribution is 1.12. The van der Waals surface area contributed by atoms with Crippen molar-refractivity contribution in [1.29, 1.82) is 5.26 Å². The van der Waals surface area contributed by atoms with Crippen molar-refractivity contribution >= 4 is 22.2 Å². The first-order chi connectivity index (χ1) is 7.88. The fraction of sp³-hybridized carbons (Fsp3) is 0. The molecule has 4 heteroatoms. The lowest BCUT2D eigenvalue weighted by Gasteiger charge is -1.98. The smallest absolute Gasteiger partial charge is 0.112 e. The zero-order valence-electron chi connectivity index (χ0n) is 8.27. The van der Waals surface area contributed by atoms with Gasteiger partial charge in [-0.25, -0.2) is 0 Å². The van der Waals surface area contributed by atoms with E-state index in [1.54, 1.807) is 6.20 Å². The summed E-state index contributed by atoms with van der Waals surface area (Å²) in [7, 11) is 0. The fourth-order valence-electron chi connectivity index (χ4n) is 1.73. The van der Waals surface area contributed by atoms with Crippen molar-refractivity contribution in [2.45, 2.75) is 0 Å². The summed E-state index contributed by atoms with van der Waals surface area (Å²) in [6, 6.07) is 10.2. The minimum Gasteiger partial charge on any atom is -0.278 e. The standard InChI is InChI=1S/C12H7N3S/c13-6-12-10(3-4-16-12)8-1-2-11-9(5-8)7-14-15-11/h1-5,7H,(H,14,15). The average Bonchev–Trinajstić information content (AvgIpc) is 2.96. The number of rotatable bonds is 1. The van der Waals surface area contributed by atoms with Crippen LogP contribution in [0.4, 0.5) is 0 Å². The van der Waals surface area contributed by atoms with E-state index < -0.39 is 0 Å². The van der Waals surface area contributed by atoms with Gasteiger partial charge in [0.1, 0.15) is 10.9 Å². The summed E-state index contributed by atoms with van der Waals surface area (Å²) in [5, 5.41) is 18.9. The second kappa shape index (κ2) is 3.47. The molecule has 3 nitrogen and oxygen atoms in total. The number of aromatic nitrogens is 2. The monoisotopic (exact) mass is 225 g/mol. The van der Waals surface area contributed by atoms with Gasteiger partial charge < -0.3 is 0 Å². The highest BCUT2D eigenvalue weighted by Gasteiger charge is 2.07. The van der Waals surface area contributed by atoms with Crippen LogP contribution < -0.4 is 0 Å². The summed E-state index contributed by atoms with van der Waals surface area (Å²) in [5.74, 6) is 0. The minimum absolute atomic E-state index is 0.753. The Labute approximate surface area is 96.0 Å². The van der Waals surface area contributed by atoms with Crippen molar-refractivity contribution < 1.29 is 0 Å². The molecular weight excluding hydrogens is 218 g/mol. The summed E-state index contributed by atoms with van der Waals surface area (Å²) in [6.45, 7) is 0. The van der Waals surface area contributed by atoms with Crippen molar-refractivity contribution in [3.63, 3.8) is 0 Å². The molecule has 76 valence electrons. The Kier molecular flexibility index (Phi) is 1.98. The maximum Gasteiger partial charge on any atom is 0.112 e. The van der Waals surface area contributed by atoms with Gasteiger partial charge in [-0.3, -0.25) is 5.10 Å². The predicted octanol–water partition coefficient (Wildman–Crippen LogP) is 3.16. The van der Waals surface area contributed by atoms with Gasteiger partial charge in [-0.05, 0) is 29.1 Å². The minimum atomic E-state index is 0.753. The molecule has 0 aliphatic carbocycles. The van der Waals surface area contributed by atoms with E-state index in [4.69, 9.17) is 5.26 Å². The average molecular weight is 225 g/mol. The van der Waals surface area contributed by atoms with Crippen LogP contribution in [0.25, 0.3) is 22.0 Å². The Balaban J connectivity index is 2.22. The molecule has 0 atom stereocenters. The van der Waals surface area contributed by atoms with E-state index in [1.165, 1.54) is 11.3 Å². The van der Waals surface area contributed by atoms with E-state index >= 15 is 0 Å². The van der Waals surface area contributed by atoms with Gasteiger partial charge in [-0.2, -0.15) is 10.4 Å². The lowest BCUT2D eigenvalue weighted by Crippen LogP contribution is -1.77. The van der Waals surface area contributed by atoms with E-state index in [1.807, 2.05) is 29.6 Å². The van der Waals surface area contributed by atoms with Crippen molar-refractivity contribution in [2.24, 2.45) is 0 Å². The van der Waals surface area contributed by atoms with Gasteiger partial charge in [0.2, 0.25) is 0 Å². The Morgan fingerprint density at radius 1 is 1.31 bits per heavy atom. The van der Waals surface area contributed by atoms with Gasteiger partial charge in [0.15, 0.2) is 0 Å². The number of hydrogen-bond acceptors (Lipinski definition) is 3. The van der Waals surface area contributed by atoms with E-state index in [0.29, 0.717) is 0 Å². The van der Waals surface area contributed by atoms with Crippen LogP contribution in [0.5, 0.6) is 0 Å². The molecule has 0 aliphatic rings. The zero-order chi connectivity index (χ0) is 11.0. The van der Waals surface area contributed by atoms with Crippen molar-refractivity contribution in [1.82, 2.24) is 10.2 Å². The Morgan fingerprint density at radius 2 is 2.25 bits per heavy atom. The number of nitriles is 1. The summed E-state index contributed by atoms with van der Waals surface area (Å²) in [5.41, 5.74) is 3.07. The first-order valence-corrected chi connectivity index (χ1v) is 5.67. The van der Waals surface area contributed by atoms with Gasteiger partial charge in [0, 0.05) is 10.9 Å². The number of benzene rings is 1. The third-order valence-electron chi connectivity index (χ3n) is 2.52. The molecule has 1 N–H and O–H groups in total. The Morgan fingerprint density at radius 3 is 3.12 bits per heavy atom. The molecule has 3 aromatic rings. The number of nitrogens with one attached hydrogen (secondary N) is 1. The Bertz CT molecular complexity index is 687. The topological polar surface area (TPSA) is 52.5 Å². The molecule has 0 radical (unpaired) electrons. The molecule has 0 bridgehead atoms. The number of aromatic amines is 1. The summed E-state index contributed by atoms with van der Waals surface area (Å²) in [6.07, 6.45) is 1.79. The fourth-order valence-corrected chi connectivity index (χ4v) is 2.44. The van der Waals surface area contributed by atoms with Gasteiger partial charge in [-0.1, -0.05) is 6.07 Å². The number of hydrogen-bond donors (Lipinski definition) is 1. The SMILES string of the molecule is N#Cc1sccc1-c1ccc2[nH]ncc2c1. The third kappa shape index (κ3) is 1.30. The Hall–Kier alpha value is -2.12. The molecule has 1 aromatic carbocycles. The molecule has 0 saturated carbocycles. The van der Waals surface area contributed by atoms with Gasteiger partial charge in [0.25, 0.3) is 0 Å². The van der Waals surface area contributed by atoms with Crippen LogP contribution in [-0.4, -0.2) is 10.2 Å². The van der Waals surface area contributed by atoms with E-state index in [9.17, 15) is 0 Å². The normalized spacial score (nSPS) is 10.4. The highest BCUT2D eigenvalue weighted by atomic mass is 32.1. The quantitative estimate of drug-likeness (QED) is 0.691. The largest absolute Gasteiger partial charge is 0.278 e. The lowest BCUT2D eigenvalue weighted by atomic mass is 10.1. The molecular formula is C12H7N3S. The highest BCUT2D eigenvalue weighted by Crippen LogP contribution is 2.29. The zero-order valence-corrected chi connectivity index (χ0v) is 9.08. The molecule has 2 heterocycles. The molecule has 0 amide bonds. The molecule has 0 unspecified atom stereocenters. The van der Waals surface area contributed by atoms with Crippen LogP contribution in [0, 0.1) is 11.3 Å². The van der Waals surface area contributed by atoms with E-state index in [0.717, 1.165) is 26.9 Å². The number of H-pyrrole nitrogens is 1. The summed E-state index contributed by atoms with van der Waals surface area (Å²) < 4.78 is 0. The first kappa shape index (κ1) is 9.13. The predicted molar refractivity (Wildman–Crippen MR) is 64.1 cm³/mol. The maximum absolute atomic E-state index is 8.98. The second-order valence-electron chi connectivity index (χ2n) is 3.45. The van der Waals surface area contributed by atoms with Crippen LogP contribution in [0.1, 0.15) is 4.88 Å². The summed E-state index contributed by atoms with van der Waals surface area (Å²) in [4.78, 5) is 0.753. The van der Waals surface area contributed by atoms with Crippen molar-refractivity contribution in [3.05, 3.63) is 40.7 Å². The summed E-state index contributed by atoms with van der Waals surface area (Å²) >= 11 is 1.47. The third-order valence-corrected chi connectivity index (χ3v) is 3.34. The molecule has 0 saturated heterocycles. The van der Waals surface area contributed by atoms with E-state index in [2.05, 4.69) is 16.3 Å². The van der Waals surface area contributed by atoms with Gasteiger partial charge in [0.05, 0.1) is 11.7 Å². The van der Waals surface area contributed by atoms with Gasteiger partial charge >= 0.3 is 0 Å². The first-order valence-electron chi connectivity index (χ1n) is 4.79.